The molecule has 0 fully saturated rings. The number of rotatable bonds is 10. The number of allylic oxidation sites excluding steroid dienone is 3. The van der Waals surface area contributed by atoms with Crippen LogP contribution in [-0.4, -0.2) is 0 Å². The first-order chi connectivity index (χ1) is 8.11. The molecule has 100 valence electrons. The minimum atomic E-state index is 0.535. The summed E-state index contributed by atoms with van der Waals surface area (Å²) in [6.45, 7) is 12.9. The zero-order chi connectivity index (χ0) is 13.1. The van der Waals surface area contributed by atoms with E-state index >= 15 is 0 Å². The molecular formula is C17H32. The monoisotopic (exact) mass is 236 g/mol. The molecule has 0 bridgehead atoms. The van der Waals surface area contributed by atoms with E-state index in [-0.39, 0.29) is 0 Å². The molecule has 0 aromatic heterocycles. The number of unbranched alkanes of at least 4 members (excludes halogenated alkanes) is 2. The molecule has 0 heteroatoms. The highest BCUT2D eigenvalue weighted by Crippen LogP contribution is 2.20. The summed E-state index contributed by atoms with van der Waals surface area (Å²) in [5.74, 6) is 1.44. The van der Waals surface area contributed by atoms with Crippen LogP contribution >= 0.6 is 0 Å². The molecule has 0 nitrogen and oxygen atoms in total. The van der Waals surface area contributed by atoms with Crippen molar-refractivity contribution in [3.63, 3.8) is 0 Å². The average Bonchev–Trinajstić information content (AvgIpc) is 2.29. The standard InChI is InChI=1S/C17H32/c1-6-8-9-13-17(11-7-2)14-10-12-16(5)15(3)4/h10,12,16-17H,3,6-9,11,13-14H2,1-2,4-5H3. The van der Waals surface area contributed by atoms with Gasteiger partial charge in [0.15, 0.2) is 0 Å². The molecule has 0 spiro atoms. The second-order valence-corrected chi connectivity index (χ2v) is 5.45. The predicted octanol–water partition coefficient (Wildman–Crippen LogP) is 6.14. The highest BCUT2D eigenvalue weighted by Gasteiger charge is 2.05. The van der Waals surface area contributed by atoms with Gasteiger partial charge in [0.05, 0.1) is 0 Å². The average molecular weight is 236 g/mol. The van der Waals surface area contributed by atoms with Crippen molar-refractivity contribution in [1.29, 1.82) is 0 Å². The van der Waals surface area contributed by atoms with Crippen LogP contribution in [0.5, 0.6) is 0 Å². The fourth-order valence-corrected chi connectivity index (χ4v) is 2.11. The van der Waals surface area contributed by atoms with E-state index < -0.39 is 0 Å². The van der Waals surface area contributed by atoms with Gasteiger partial charge < -0.3 is 0 Å². The first kappa shape index (κ1) is 16.5. The Bertz CT molecular complexity index is 212. The maximum Gasteiger partial charge on any atom is -0.00571 e. The van der Waals surface area contributed by atoms with Crippen molar-refractivity contribution in [3.8, 4) is 0 Å². The van der Waals surface area contributed by atoms with Crippen molar-refractivity contribution in [1.82, 2.24) is 0 Å². The summed E-state index contributed by atoms with van der Waals surface area (Å²) >= 11 is 0. The van der Waals surface area contributed by atoms with E-state index in [9.17, 15) is 0 Å². The first-order valence-electron chi connectivity index (χ1n) is 7.43. The van der Waals surface area contributed by atoms with Crippen LogP contribution in [0.25, 0.3) is 0 Å². The lowest BCUT2D eigenvalue weighted by Gasteiger charge is -2.14. The van der Waals surface area contributed by atoms with Gasteiger partial charge in [0, 0.05) is 0 Å². The van der Waals surface area contributed by atoms with Crippen LogP contribution in [0.1, 0.15) is 72.6 Å². The molecule has 0 aromatic rings. The molecule has 0 aliphatic heterocycles. The number of hydrogen-bond acceptors (Lipinski definition) is 0. The fourth-order valence-electron chi connectivity index (χ4n) is 2.11. The largest absolute Gasteiger partial charge is 0.0996 e. The fraction of sp³-hybridized carbons (Fsp3) is 0.765. The second-order valence-electron chi connectivity index (χ2n) is 5.45. The molecule has 17 heavy (non-hydrogen) atoms. The Morgan fingerprint density at radius 1 is 1.12 bits per heavy atom. The van der Waals surface area contributed by atoms with Gasteiger partial charge in [-0.25, -0.2) is 0 Å². The Labute approximate surface area is 109 Å². The van der Waals surface area contributed by atoms with E-state index in [4.69, 9.17) is 0 Å². The summed E-state index contributed by atoms with van der Waals surface area (Å²) in [5, 5.41) is 0. The minimum Gasteiger partial charge on any atom is -0.0996 e. The van der Waals surface area contributed by atoms with Crippen LogP contribution in [0.2, 0.25) is 0 Å². The zero-order valence-electron chi connectivity index (χ0n) is 12.5. The third-order valence-corrected chi connectivity index (χ3v) is 3.58. The highest BCUT2D eigenvalue weighted by atomic mass is 14.1. The van der Waals surface area contributed by atoms with Crippen LogP contribution < -0.4 is 0 Å². The second kappa shape index (κ2) is 10.6. The number of hydrogen-bond donors (Lipinski definition) is 0. The quantitative estimate of drug-likeness (QED) is 0.315. The van der Waals surface area contributed by atoms with Crippen molar-refractivity contribution in [2.24, 2.45) is 11.8 Å². The predicted molar refractivity (Wildman–Crippen MR) is 80.3 cm³/mol. The van der Waals surface area contributed by atoms with E-state index in [2.05, 4.69) is 46.4 Å². The van der Waals surface area contributed by atoms with Crippen LogP contribution in [0.3, 0.4) is 0 Å². The maximum absolute atomic E-state index is 4.00. The lowest BCUT2D eigenvalue weighted by molar-refractivity contribution is 0.427. The highest BCUT2D eigenvalue weighted by molar-refractivity contribution is 5.04. The van der Waals surface area contributed by atoms with Crippen molar-refractivity contribution in [2.75, 3.05) is 0 Å². The van der Waals surface area contributed by atoms with E-state index in [1.165, 1.54) is 50.5 Å². The molecule has 0 amide bonds. The van der Waals surface area contributed by atoms with Crippen LogP contribution in [0.15, 0.2) is 24.3 Å². The van der Waals surface area contributed by atoms with E-state index in [1.54, 1.807) is 0 Å². The van der Waals surface area contributed by atoms with Gasteiger partial charge in [-0.05, 0) is 25.2 Å². The summed E-state index contributed by atoms with van der Waals surface area (Å²) in [5.41, 5.74) is 1.26. The summed E-state index contributed by atoms with van der Waals surface area (Å²) in [6.07, 6.45) is 14.2. The van der Waals surface area contributed by atoms with Gasteiger partial charge in [-0.15, -0.1) is 0 Å². The van der Waals surface area contributed by atoms with Crippen LogP contribution in [0, 0.1) is 11.8 Å². The molecule has 0 rings (SSSR count). The van der Waals surface area contributed by atoms with Gasteiger partial charge in [-0.1, -0.05) is 83.6 Å². The third kappa shape index (κ3) is 9.21. The zero-order valence-corrected chi connectivity index (χ0v) is 12.5. The molecule has 0 radical (unpaired) electrons. The van der Waals surface area contributed by atoms with Gasteiger partial charge in [0.1, 0.15) is 0 Å². The van der Waals surface area contributed by atoms with Crippen molar-refractivity contribution >= 4 is 0 Å². The Hall–Kier alpha value is -0.520. The molecule has 2 atom stereocenters. The molecule has 0 N–H and O–H groups in total. The smallest absolute Gasteiger partial charge is 0.00571 e. The topological polar surface area (TPSA) is 0 Å². The van der Waals surface area contributed by atoms with E-state index in [1.807, 2.05) is 0 Å². The lowest BCUT2D eigenvalue weighted by atomic mass is 9.92. The normalized spacial score (nSPS) is 15.1. The molecule has 0 aromatic carbocycles. The molecule has 0 saturated heterocycles. The summed E-state index contributed by atoms with van der Waals surface area (Å²) < 4.78 is 0. The van der Waals surface area contributed by atoms with E-state index in [0.717, 1.165) is 5.92 Å². The Morgan fingerprint density at radius 2 is 1.82 bits per heavy atom. The maximum atomic E-state index is 4.00. The first-order valence-corrected chi connectivity index (χ1v) is 7.43. The third-order valence-electron chi connectivity index (χ3n) is 3.58. The van der Waals surface area contributed by atoms with E-state index in [0.29, 0.717) is 5.92 Å². The molecule has 2 unspecified atom stereocenters. The molecule has 0 heterocycles. The minimum absolute atomic E-state index is 0.535. The van der Waals surface area contributed by atoms with Crippen molar-refractivity contribution < 1.29 is 0 Å². The Morgan fingerprint density at radius 3 is 2.35 bits per heavy atom. The van der Waals surface area contributed by atoms with Gasteiger partial charge in [-0.2, -0.15) is 0 Å². The van der Waals surface area contributed by atoms with Gasteiger partial charge >= 0.3 is 0 Å². The molecule has 0 saturated carbocycles. The Kier molecular flexibility index (Phi) is 10.3. The van der Waals surface area contributed by atoms with Gasteiger partial charge in [0.2, 0.25) is 0 Å². The van der Waals surface area contributed by atoms with Gasteiger partial charge in [0.25, 0.3) is 0 Å². The SMILES string of the molecule is C=C(C)C(C)C=CCC(CCC)CCCCC. The van der Waals surface area contributed by atoms with Gasteiger partial charge in [-0.3, -0.25) is 0 Å². The van der Waals surface area contributed by atoms with Crippen LogP contribution in [-0.2, 0) is 0 Å². The molecule has 0 aliphatic rings. The van der Waals surface area contributed by atoms with Crippen molar-refractivity contribution in [2.45, 2.75) is 72.6 Å². The summed E-state index contributed by atoms with van der Waals surface area (Å²) in [4.78, 5) is 0. The summed E-state index contributed by atoms with van der Waals surface area (Å²) in [6, 6.07) is 0. The molecular weight excluding hydrogens is 204 g/mol. The van der Waals surface area contributed by atoms with Crippen molar-refractivity contribution in [3.05, 3.63) is 24.3 Å². The lowest BCUT2D eigenvalue weighted by Crippen LogP contribution is -1.99. The summed E-state index contributed by atoms with van der Waals surface area (Å²) in [7, 11) is 0. The molecule has 0 aliphatic carbocycles. The Balaban J connectivity index is 3.94. The van der Waals surface area contributed by atoms with Crippen LogP contribution in [0.4, 0.5) is 0 Å².